The number of carbonyl (C=O) groups excluding carboxylic acids is 2. The number of ketones is 1. The Morgan fingerprint density at radius 3 is 3.06 bits per heavy atom. The third-order valence-corrected chi connectivity index (χ3v) is 2.44. The van der Waals surface area contributed by atoms with E-state index in [0.29, 0.717) is 17.9 Å². The minimum atomic E-state index is -0.0423. The largest absolute Gasteiger partial charge is 0.486 e. The summed E-state index contributed by atoms with van der Waals surface area (Å²) in [6.07, 6.45) is 0.804. The average molecular weight is 219 g/mol. The summed E-state index contributed by atoms with van der Waals surface area (Å²) in [6.45, 7) is 2.21. The zero-order valence-electron chi connectivity index (χ0n) is 9.08. The first kappa shape index (κ1) is 10.7. The van der Waals surface area contributed by atoms with Crippen LogP contribution in [0.1, 0.15) is 22.8 Å². The van der Waals surface area contributed by atoms with Crippen LogP contribution in [-0.4, -0.2) is 24.8 Å². The minimum absolute atomic E-state index is 0.0181. The van der Waals surface area contributed by atoms with Gasteiger partial charge in [0.05, 0.1) is 0 Å². The zero-order chi connectivity index (χ0) is 11.5. The number of hydrogen-bond donors (Lipinski definition) is 1. The van der Waals surface area contributed by atoms with Crippen LogP contribution >= 0.6 is 0 Å². The van der Waals surface area contributed by atoms with Gasteiger partial charge in [0.15, 0.2) is 5.78 Å². The fourth-order valence-corrected chi connectivity index (χ4v) is 1.68. The number of fused-ring (bicyclic) bond motifs is 1. The summed E-state index contributed by atoms with van der Waals surface area (Å²) in [5.74, 6) is 0.582. The molecule has 0 atom stereocenters. The third-order valence-electron chi connectivity index (χ3n) is 2.44. The molecule has 1 aliphatic heterocycles. The standard InChI is InChI=1S/C12H13NO3/c1-8(14)7-16-10-2-3-11-9(6-10)4-5-13-12(11)15/h2-3,6H,4-5,7H2,1H3,(H,13,15). The number of carbonyl (C=O) groups is 2. The van der Waals surface area contributed by atoms with E-state index in [1.54, 1.807) is 12.1 Å². The maximum Gasteiger partial charge on any atom is 0.251 e. The highest BCUT2D eigenvalue weighted by molar-refractivity contribution is 5.96. The van der Waals surface area contributed by atoms with Gasteiger partial charge in [-0.2, -0.15) is 0 Å². The predicted octanol–water partition coefficient (Wildman–Crippen LogP) is 0.940. The molecule has 0 fully saturated rings. The number of hydrogen-bond acceptors (Lipinski definition) is 3. The van der Waals surface area contributed by atoms with Crippen molar-refractivity contribution in [1.29, 1.82) is 0 Å². The maximum absolute atomic E-state index is 11.5. The molecule has 1 aliphatic rings. The topological polar surface area (TPSA) is 55.4 Å². The smallest absolute Gasteiger partial charge is 0.251 e. The highest BCUT2D eigenvalue weighted by Crippen LogP contribution is 2.20. The Morgan fingerprint density at radius 1 is 1.50 bits per heavy atom. The number of benzene rings is 1. The van der Waals surface area contributed by atoms with E-state index < -0.39 is 0 Å². The van der Waals surface area contributed by atoms with E-state index in [4.69, 9.17) is 4.74 Å². The number of Topliss-reactive ketones (excluding diaryl/α,β-unsaturated/α-hetero) is 1. The molecule has 4 heteroatoms. The second kappa shape index (κ2) is 4.35. The van der Waals surface area contributed by atoms with Crippen LogP contribution in [0.2, 0.25) is 0 Å². The molecule has 1 amide bonds. The van der Waals surface area contributed by atoms with Gasteiger partial charge in [-0.25, -0.2) is 0 Å². The molecule has 4 nitrogen and oxygen atoms in total. The Labute approximate surface area is 93.6 Å². The molecule has 1 heterocycles. The van der Waals surface area contributed by atoms with E-state index in [-0.39, 0.29) is 18.3 Å². The van der Waals surface area contributed by atoms with Crippen LogP contribution < -0.4 is 10.1 Å². The number of rotatable bonds is 3. The van der Waals surface area contributed by atoms with E-state index in [9.17, 15) is 9.59 Å². The van der Waals surface area contributed by atoms with Gasteiger partial charge in [-0.1, -0.05) is 0 Å². The Balaban J connectivity index is 2.18. The Kier molecular flexibility index (Phi) is 2.90. The summed E-state index contributed by atoms with van der Waals surface area (Å²) < 4.78 is 5.29. The molecule has 16 heavy (non-hydrogen) atoms. The molecule has 0 unspecified atom stereocenters. The normalized spacial score (nSPS) is 13.9. The van der Waals surface area contributed by atoms with Crippen LogP contribution in [0.4, 0.5) is 0 Å². The van der Waals surface area contributed by atoms with Crippen molar-refractivity contribution in [2.24, 2.45) is 0 Å². The first-order valence-corrected chi connectivity index (χ1v) is 5.20. The number of nitrogens with one attached hydrogen (secondary N) is 1. The van der Waals surface area contributed by atoms with Crippen molar-refractivity contribution < 1.29 is 14.3 Å². The van der Waals surface area contributed by atoms with Gasteiger partial charge < -0.3 is 10.1 Å². The lowest BCUT2D eigenvalue weighted by Crippen LogP contribution is -2.31. The fraction of sp³-hybridized carbons (Fsp3) is 0.333. The monoisotopic (exact) mass is 219 g/mol. The molecule has 84 valence electrons. The fourth-order valence-electron chi connectivity index (χ4n) is 1.68. The summed E-state index contributed by atoms with van der Waals surface area (Å²) in [7, 11) is 0. The van der Waals surface area contributed by atoms with Crippen molar-refractivity contribution in [3.8, 4) is 5.75 Å². The molecule has 2 rings (SSSR count). The molecule has 1 aromatic carbocycles. The SMILES string of the molecule is CC(=O)COc1ccc2c(c1)CCNC2=O. The first-order chi connectivity index (χ1) is 7.66. The van der Waals surface area contributed by atoms with E-state index in [1.807, 2.05) is 6.07 Å². The summed E-state index contributed by atoms with van der Waals surface area (Å²) in [5, 5.41) is 2.77. The molecule has 0 saturated carbocycles. The van der Waals surface area contributed by atoms with E-state index >= 15 is 0 Å². The van der Waals surface area contributed by atoms with Gasteiger partial charge >= 0.3 is 0 Å². The molecule has 0 saturated heterocycles. The molecule has 0 aromatic heterocycles. The van der Waals surface area contributed by atoms with Gasteiger partial charge in [-0.05, 0) is 37.1 Å². The van der Waals surface area contributed by atoms with Crippen LogP contribution in [0.5, 0.6) is 5.75 Å². The summed E-state index contributed by atoms with van der Waals surface area (Å²) in [4.78, 5) is 22.2. The van der Waals surface area contributed by atoms with Crippen molar-refractivity contribution in [1.82, 2.24) is 5.32 Å². The van der Waals surface area contributed by atoms with Crippen molar-refractivity contribution in [3.63, 3.8) is 0 Å². The lowest BCUT2D eigenvalue weighted by Gasteiger charge is -2.17. The van der Waals surface area contributed by atoms with Crippen LogP contribution in [0, 0.1) is 0 Å². The van der Waals surface area contributed by atoms with Gasteiger partial charge in [-0.15, -0.1) is 0 Å². The second-order valence-corrected chi connectivity index (χ2v) is 3.82. The van der Waals surface area contributed by atoms with Gasteiger partial charge in [0.1, 0.15) is 12.4 Å². The van der Waals surface area contributed by atoms with Gasteiger partial charge in [0.2, 0.25) is 0 Å². The van der Waals surface area contributed by atoms with Crippen molar-refractivity contribution in [3.05, 3.63) is 29.3 Å². The summed E-state index contributed by atoms with van der Waals surface area (Å²) in [6, 6.07) is 5.28. The molecule has 0 spiro atoms. The molecule has 0 aliphatic carbocycles. The average Bonchev–Trinajstić information content (AvgIpc) is 2.26. The minimum Gasteiger partial charge on any atom is -0.486 e. The number of ether oxygens (including phenoxy) is 1. The van der Waals surface area contributed by atoms with E-state index in [2.05, 4.69) is 5.32 Å². The quantitative estimate of drug-likeness (QED) is 0.823. The van der Waals surface area contributed by atoms with Crippen molar-refractivity contribution in [2.75, 3.05) is 13.2 Å². The van der Waals surface area contributed by atoms with Crippen molar-refractivity contribution >= 4 is 11.7 Å². The lowest BCUT2D eigenvalue weighted by atomic mass is 10.0. The third kappa shape index (κ3) is 2.21. The Morgan fingerprint density at radius 2 is 2.31 bits per heavy atom. The van der Waals surface area contributed by atoms with Gasteiger partial charge in [0, 0.05) is 12.1 Å². The first-order valence-electron chi connectivity index (χ1n) is 5.20. The maximum atomic E-state index is 11.5. The van der Waals surface area contributed by atoms with Crippen LogP contribution in [0.15, 0.2) is 18.2 Å². The second-order valence-electron chi connectivity index (χ2n) is 3.82. The van der Waals surface area contributed by atoms with E-state index in [1.165, 1.54) is 6.92 Å². The van der Waals surface area contributed by atoms with Crippen LogP contribution in [0.25, 0.3) is 0 Å². The van der Waals surface area contributed by atoms with Gasteiger partial charge in [0.25, 0.3) is 5.91 Å². The zero-order valence-corrected chi connectivity index (χ0v) is 9.08. The molecular formula is C12H13NO3. The summed E-state index contributed by atoms with van der Waals surface area (Å²) in [5.41, 5.74) is 1.67. The van der Waals surface area contributed by atoms with Crippen molar-refractivity contribution in [2.45, 2.75) is 13.3 Å². The number of amides is 1. The molecule has 1 N–H and O–H groups in total. The Bertz CT molecular complexity index is 440. The molecule has 0 radical (unpaired) electrons. The van der Waals surface area contributed by atoms with Crippen LogP contribution in [0.3, 0.4) is 0 Å². The Hall–Kier alpha value is -1.84. The molecular weight excluding hydrogens is 206 g/mol. The summed E-state index contributed by atoms with van der Waals surface area (Å²) >= 11 is 0. The lowest BCUT2D eigenvalue weighted by molar-refractivity contribution is -0.118. The van der Waals surface area contributed by atoms with Gasteiger partial charge in [-0.3, -0.25) is 9.59 Å². The molecule has 1 aromatic rings. The van der Waals surface area contributed by atoms with E-state index in [0.717, 1.165) is 12.0 Å². The molecule has 0 bridgehead atoms. The van der Waals surface area contributed by atoms with Crippen LogP contribution in [-0.2, 0) is 11.2 Å². The highest BCUT2D eigenvalue weighted by atomic mass is 16.5. The highest BCUT2D eigenvalue weighted by Gasteiger charge is 2.16. The predicted molar refractivity (Wildman–Crippen MR) is 58.7 cm³/mol.